The Kier molecular flexibility index (Phi) is 8.48. The standard InChI is InChI=1S/C15H16N2O6S2.2Na.2H/c1-15(2)9(14(22)23)17-11(19)8(12(17)25-15)16-10(18)7(13(20)21)6-3-4-24-5-6;;;;/h3-5,7-9,12H,1-2H3,(H,16,18)(H,20,21)(H,22,23);;;;/q;2*+1;2*-1/t7-,8?,9?,12?;;;;/m1..../s1. The van der Waals surface area contributed by atoms with E-state index in [0.29, 0.717) is 5.56 Å². The monoisotopic (exact) mass is 432 g/mol. The Morgan fingerprint density at radius 1 is 1.30 bits per heavy atom. The van der Waals surface area contributed by atoms with Gasteiger partial charge in [-0.25, -0.2) is 4.79 Å². The predicted octanol–water partition coefficient (Wildman–Crippen LogP) is -5.22. The van der Waals surface area contributed by atoms with Crippen molar-refractivity contribution in [3.8, 4) is 0 Å². The number of amides is 2. The Balaban J connectivity index is 0. The summed E-state index contributed by atoms with van der Waals surface area (Å²) in [4.78, 5) is 48.9. The predicted molar refractivity (Wildman–Crippen MR) is 92.6 cm³/mol. The zero-order chi connectivity index (χ0) is 18.5. The topological polar surface area (TPSA) is 124 Å². The van der Waals surface area contributed by atoms with E-state index in [1.807, 2.05) is 0 Å². The number of thiophene rings is 1. The second-order valence-electron chi connectivity index (χ2n) is 6.41. The van der Waals surface area contributed by atoms with Crippen LogP contribution in [0.25, 0.3) is 0 Å². The summed E-state index contributed by atoms with van der Waals surface area (Å²) in [7, 11) is 0. The van der Waals surface area contributed by atoms with Gasteiger partial charge in [0.2, 0.25) is 11.8 Å². The summed E-state index contributed by atoms with van der Waals surface area (Å²) < 4.78 is -0.703. The van der Waals surface area contributed by atoms with Crippen LogP contribution in [0.15, 0.2) is 16.8 Å². The van der Waals surface area contributed by atoms with Crippen LogP contribution in [-0.2, 0) is 19.2 Å². The first-order valence-electron chi connectivity index (χ1n) is 7.43. The maximum absolute atomic E-state index is 12.4. The van der Waals surface area contributed by atoms with Gasteiger partial charge in [-0.15, -0.1) is 11.8 Å². The number of thioether (sulfide) groups is 1. The van der Waals surface area contributed by atoms with Gasteiger partial charge in [-0.1, -0.05) is 0 Å². The number of fused-ring (bicyclic) bond motifs is 1. The minimum atomic E-state index is -1.40. The maximum Gasteiger partial charge on any atom is 1.00 e. The summed E-state index contributed by atoms with van der Waals surface area (Å²) in [5, 5.41) is 23.9. The second kappa shape index (κ2) is 9.17. The number of rotatable bonds is 5. The second-order valence-corrected chi connectivity index (χ2v) is 8.96. The zero-order valence-electron chi connectivity index (χ0n) is 17.3. The molecule has 3 heterocycles. The van der Waals surface area contributed by atoms with Crippen LogP contribution in [0.1, 0.15) is 28.2 Å². The van der Waals surface area contributed by atoms with Gasteiger partial charge in [-0.3, -0.25) is 14.4 Å². The van der Waals surface area contributed by atoms with Crippen LogP contribution in [0.2, 0.25) is 0 Å². The quantitative estimate of drug-likeness (QED) is 0.241. The van der Waals surface area contributed by atoms with Crippen LogP contribution in [0.3, 0.4) is 0 Å². The van der Waals surface area contributed by atoms with Crippen LogP contribution in [0, 0.1) is 0 Å². The third-order valence-corrected chi connectivity index (χ3v) is 6.63. The minimum Gasteiger partial charge on any atom is -1.00 e. The number of carboxylic acids is 2. The van der Waals surface area contributed by atoms with Crippen molar-refractivity contribution in [1.29, 1.82) is 0 Å². The van der Waals surface area contributed by atoms with Gasteiger partial charge in [-0.2, -0.15) is 11.3 Å². The summed E-state index contributed by atoms with van der Waals surface area (Å²) in [6, 6.07) is -0.344. The molecule has 27 heavy (non-hydrogen) atoms. The molecule has 3 rings (SSSR count). The van der Waals surface area contributed by atoms with Crippen molar-refractivity contribution in [2.24, 2.45) is 0 Å². The Hall–Kier alpha value is -0.0700. The van der Waals surface area contributed by atoms with Gasteiger partial charge >= 0.3 is 71.1 Å². The molecule has 2 saturated heterocycles. The SMILES string of the molecule is CC1(C)SC2C(NC(=O)[C@H](C(=O)O)c3ccsc3)C(=O)N2C1C(=O)O.[H-].[H-].[Na+].[Na+]. The molecule has 2 aliphatic rings. The van der Waals surface area contributed by atoms with Crippen LogP contribution in [0.5, 0.6) is 0 Å². The number of β-lactam (4-membered cyclic amide) rings is 1. The third-order valence-electron chi connectivity index (χ3n) is 4.36. The van der Waals surface area contributed by atoms with E-state index < -0.39 is 51.9 Å². The first-order valence-corrected chi connectivity index (χ1v) is 9.25. The molecule has 3 N–H and O–H groups in total. The number of nitrogens with zero attached hydrogens (tertiary/aromatic N) is 1. The molecule has 1 aromatic rings. The minimum absolute atomic E-state index is 0. The molecule has 0 bridgehead atoms. The van der Waals surface area contributed by atoms with E-state index in [4.69, 9.17) is 0 Å². The van der Waals surface area contributed by atoms with Crippen LogP contribution < -0.4 is 64.4 Å². The van der Waals surface area contributed by atoms with Gasteiger partial charge in [-0.05, 0) is 36.2 Å². The smallest absolute Gasteiger partial charge is 1.00 e. The van der Waals surface area contributed by atoms with E-state index in [2.05, 4.69) is 5.32 Å². The molecule has 2 amide bonds. The van der Waals surface area contributed by atoms with Crippen molar-refractivity contribution in [2.45, 2.75) is 42.0 Å². The molecule has 0 aromatic carbocycles. The van der Waals surface area contributed by atoms with Gasteiger partial charge in [0, 0.05) is 4.75 Å². The molecule has 0 saturated carbocycles. The number of carboxylic acid groups (broad SMARTS) is 2. The molecule has 2 aliphatic heterocycles. The fourth-order valence-corrected chi connectivity index (χ4v) is 5.54. The average Bonchev–Trinajstić information content (AvgIpc) is 3.09. The first kappa shape index (κ1) is 25.0. The Labute approximate surface area is 211 Å². The molecular weight excluding hydrogens is 414 g/mol. The molecule has 0 radical (unpaired) electrons. The fraction of sp³-hybridized carbons (Fsp3) is 0.467. The zero-order valence-corrected chi connectivity index (χ0v) is 21.0. The molecule has 0 spiro atoms. The molecule has 1 aromatic heterocycles. The summed E-state index contributed by atoms with van der Waals surface area (Å²) in [6.07, 6.45) is 0. The van der Waals surface area contributed by atoms with Crippen molar-refractivity contribution >= 4 is 46.9 Å². The van der Waals surface area contributed by atoms with Crippen LogP contribution >= 0.6 is 23.1 Å². The largest absolute Gasteiger partial charge is 1.00 e. The Morgan fingerprint density at radius 2 is 1.93 bits per heavy atom. The number of nitrogens with one attached hydrogen (secondary N) is 1. The van der Waals surface area contributed by atoms with Crippen LogP contribution in [-0.4, -0.2) is 61.1 Å². The van der Waals surface area contributed by atoms with Crippen molar-refractivity contribution in [3.05, 3.63) is 22.4 Å². The summed E-state index contributed by atoms with van der Waals surface area (Å²) in [6.45, 7) is 3.46. The molecular formula is C15H18N2Na2O6S2. The summed E-state index contributed by atoms with van der Waals surface area (Å²) >= 11 is 2.56. The molecule has 138 valence electrons. The molecule has 4 atom stereocenters. The van der Waals surface area contributed by atoms with Gasteiger partial charge < -0.3 is 23.3 Å². The van der Waals surface area contributed by atoms with E-state index in [0.717, 1.165) is 0 Å². The molecule has 12 heteroatoms. The van der Waals surface area contributed by atoms with Gasteiger partial charge in [0.15, 0.2) is 5.92 Å². The van der Waals surface area contributed by atoms with Crippen molar-refractivity contribution in [2.75, 3.05) is 0 Å². The Bertz CT molecular complexity index is 768. The number of hydrogen-bond donors (Lipinski definition) is 3. The molecule has 8 nitrogen and oxygen atoms in total. The van der Waals surface area contributed by atoms with E-state index in [9.17, 15) is 29.4 Å². The summed E-state index contributed by atoms with van der Waals surface area (Å²) in [5.74, 6) is -5.08. The van der Waals surface area contributed by atoms with Gasteiger partial charge in [0.1, 0.15) is 17.5 Å². The molecule has 0 aliphatic carbocycles. The van der Waals surface area contributed by atoms with Gasteiger partial charge in [0.05, 0.1) is 0 Å². The van der Waals surface area contributed by atoms with E-state index in [1.54, 1.807) is 30.7 Å². The van der Waals surface area contributed by atoms with Crippen LogP contribution in [0.4, 0.5) is 0 Å². The Morgan fingerprint density at radius 3 is 2.41 bits per heavy atom. The van der Waals surface area contributed by atoms with Crippen molar-refractivity contribution in [1.82, 2.24) is 10.2 Å². The van der Waals surface area contributed by atoms with E-state index >= 15 is 0 Å². The summed E-state index contributed by atoms with van der Waals surface area (Å²) in [5.41, 5.74) is 0.349. The molecule has 2 fully saturated rings. The number of carbonyl (C=O) groups is 4. The van der Waals surface area contributed by atoms with Crippen molar-refractivity contribution in [3.63, 3.8) is 0 Å². The first-order chi connectivity index (χ1) is 11.6. The van der Waals surface area contributed by atoms with Crippen molar-refractivity contribution < 1.29 is 91.4 Å². The number of carbonyl (C=O) groups excluding carboxylic acids is 2. The number of aliphatic carboxylic acids is 2. The third kappa shape index (κ3) is 4.42. The van der Waals surface area contributed by atoms with E-state index in [1.165, 1.54) is 28.0 Å². The van der Waals surface area contributed by atoms with Gasteiger partial charge in [0.25, 0.3) is 0 Å². The maximum atomic E-state index is 12.4. The van der Waals surface area contributed by atoms with E-state index in [-0.39, 0.29) is 62.0 Å². The number of hydrogen-bond acceptors (Lipinski definition) is 6. The average molecular weight is 432 g/mol. The fourth-order valence-electron chi connectivity index (χ4n) is 3.23. The normalized spacial score (nSPS) is 25.9. The molecule has 3 unspecified atom stereocenters.